The maximum absolute atomic E-state index is 14.7. The molecular formula is C52H52N4O9S. The monoisotopic (exact) mass is 908 g/mol. The van der Waals surface area contributed by atoms with Crippen LogP contribution in [0.2, 0.25) is 0 Å². The maximum Gasteiger partial charge on any atom is 0.408 e. The lowest BCUT2D eigenvalue weighted by molar-refractivity contribution is -0.159. The van der Waals surface area contributed by atoms with Crippen molar-refractivity contribution in [1.82, 2.24) is 15.1 Å². The van der Waals surface area contributed by atoms with Crippen molar-refractivity contribution in [3.8, 4) is 22.9 Å². The van der Waals surface area contributed by atoms with Gasteiger partial charge in [-0.25, -0.2) is 9.59 Å². The van der Waals surface area contributed by atoms with Crippen LogP contribution in [-0.2, 0) is 41.6 Å². The number of nitrogens with zero attached hydrogens (tertiary/aromatic N) is 3. The number of ether oxygens (including phenoxy) is 5. The van der Waals surface area contributed by atoms with Gasteiger partial charge in [-0.2, -0.15) is 17.0 Å². The van der Waals surface area contributed by atoms with Gasteiger partial charge in [0.15, 0.2) is 22.9 Å². The van der Waals surface area contributed by atoms with Crippen molar-refractivity contribution in [2.75, 3.05) is 39.1 Å². The number of esters is 1. The van der Waals surface area contributed by atoms with Gasteiger partial charge in [-0.3, -0.25) is 14.6 Å². The highest BCUT2D eigenvalue weighted by atomic mass is 32.2. The lowest BCUT2D eigenvalue weighted by Gasteiger charge is -2.62. The molecule has 4 aromatic carbocycles. The summed E-state index contributed by atoms with van der Waals surface area (Å²) in [5, 5.41) is 26.9. The molecule has 3 fully saturated rings. The highest BCUT2D eigenvalue weighted by Gasteiger charge is 2.64. The van der Waals surface area contributed by atoms with E-state index in [0.29, 0.717) is 12.2 Å². The Morgan fingerprint density at radius 3 is 2.35 bits per heavy atom. The molecule has 66 heavy (non-hydrogen) atoms. The number of carbonyl (C=O) groups excluding carboxylic acids is 3. The summed E-state index contributed by atoms with van der Waals surface area (Å²) in [4.78, 5) is 46.9. The van der Waals surface area contributed by atoms with Crippen LogP contribution in [0.4, 0.5) is 4.79 Å². The molecule has 0 radical (unpaired) electrons. The summed E-state index contributed by atoms with van der Waals surface area (Å²) < 4.78 is 29.7. The summed E-state index contributed by atoms with van der Waals surface area (Å²) in [5.74, 6) is 0.784. The Kier molecular flexibility index (Phi) is 11.5. The van der Waals surface area contributed by atoms with E-state index in [0.717, 1.165) is 33.6 Å². The van der Waals surface area contributed by atoms with Crippen molar-refractivity contribution in [2.45, 2.75) is 88.0 Å². The molecule has 14 heteroatoms. The summed E-state index contributed by atoms with van der Waals surface area (Å²) in [5.41, 5.74) is 7.97. The molecule has 2 aliphatic carbocycles. The van der Waals surface area contributed by atoms with E-state index in [2.05, 4.69) is 46.6 Å². The number of amides is 1. The molecule has 10 rings (SSSR count). The van der Waals surface area contributed by atoms with Crippen LogP contribution in [0.15, 0.2) is 108 Å². The third-order valence-electron chi connectivity index (χ3n) is 14.6. The molecule has 0 aromatic heterocycles. The first-order chi connectivity index (χ1) is 31.9. The first-order valence-corrected chi connectivity index (χ1v) is 23.5. The van der Waals surface area contributed by atoms with Crippen molar-refractivity contribution in [3.63, 3.8) is 0 Å². The van der Waals surface area contributed by atoms with E-state index in [1.807, 2.05) is 80.4 Å². The Morgan fingerprint density at radius 1 is 0.970 bits per heavy atom. The minimum absolute atomic E-state index is 0.00307. The smallest absolute Gasteiger partial charge is 0.408 e. The molecule has 0 spiro atoms. The lowest BCUT2D eigenvalue weighted by Crippen LogP contribution is -2.74. The Hall–Kier alpha value is -6.11. The largest absolute Gasteiger partial charge is 0.496 e. The number of benzene rings is 4. The molecular weight excluding hydrogens is 857 g/mol. The van der Waals surface area contributed by atoms with Gasteiger partial charge in [-0.1, -0.05) is 84.9 Å². The molecule has 340 valence electrons. The van der Waals surface area contributed by atoms with Gasteiger partial charge in [0.25, 0.3) is 0 Å². The van der Waals surface area contributed by atoms with E-state index >= 15 is 0 Å². The highest BCUT2D eigenvalue weighted by Crippen LogP contribution is 2.55. The van der Waals surface area contributed by atoms with Crippen LogP contribution in [0.3, 0.4) is 0 Å². The molecule has 13 nitrogen and oxygen atoms in total. The van der Waals surface area contributed by atoms with Crippen LogP contribution in [0.1, 0.15) is 64.2 Å². The number of aliphatic hydroxyl groups is 1. The van der Waals surface area contributed by atoms with Crippen LogP contribution in [-0.4, -0.2) is 108 Å². The molecule has 7 atom stereocenters. The van der Waals surface area contributed by atoms with Crippen molar-refractivity contribution in [1.29, 1.82) is 5.26 Å². The number of nitriles is 1. The molecule has 2 N–H and O–H groups in total. The number of alkyl carbamates (subject to hydrolysis) is 1. The topological polar surface area (TPSA) is 160 Å². The number of likely N-dealkylation sites (N-methyl/N-ethyl adjacent to an activating group) is 1. The average Bonchev–Trinajstić information content (AvgIpc) is 3.93. The van der Waals surface area contributed by atoms with E-state index in [1.54, 1.807) is 14.0 Å². The minimum Gasteiger partial charge on any atom is -0.496 e. The van der Waals surface area contributed by atoms with Gasteiger partial charge < -0.3 is 34.1 Å². The van der Waals surface area contributed by atoms with E-state index in [9.17, 15) is 24.8 Å². The Bertz CT molecular complexity index is 2710. The molecule has 6 aliphatic rings. The van der Waals surface area contributed by atoms with Crippen molar-refractivity contribution < 1.29 is 43.2 Å². The number of piperazine rings is 1. The van der Waals surface area contributed by atoms with Gasteiger partial charge in [0.2, 0.25) is 6.79 Å². The van der Waals surface area contributed by atoms with E-state index in [-0.39, 0.29) is 72.8 Å². The normalized spacial score (nSPS) is 25.5. The third-order valence-corrected chi connectivity index (χ3v) is 15.7. The number of thioether (sulfide) groups is 1. The molecule has 0 saturated carbocycles. The quantitative estimate of drug-likeness (QED) is 0.152. The number of fused-ring (bicyclic) bond motifs is 11. The van der Waals surface area contributed by atoms with Crippen LogP contribution in [0, 0.1) is 25.2 Å². The summed E-state index contributed by atoms with van der Waals surface area (Å²) in [6.45, 7) is 5.11. The minimum atomic E-state index is -2.08. The molecule has 3 unspecified atom stereocenters. The van der Waals surface area contributed by atoms with Gasteiger partial charge in [0, 0.05) is 47.1 Å². The SMILES string of the molecule is COc1c(C)cc2c(c1C)[C@@H]1C3CC4(O)C(=O)C(C)=C5OCOC5=C4[C@H](COC(=O)C(CSCC4c5ccccc5-c5ccccc54)NC(=O)OCc4ccccc4)N3[C@@H](C#N)[C@H](C2)N1C. The van der Waals surface area contributed by atoms with E-state index in [1.165, 1.54) is 34.0 Å². The zero-order chi connectivity index (χ0) is 46.0. The van der Waals surface area contributed by atoms with Gasteiger partial charge in [0.05, 0.1) is 25.3 Å². The summed E-state index contributed by atoms with van der Waals surface area (Å²) >= 11 is 1.52. The van der Waals surface area contributed by atoms with Crippen LogP contribution >= 0.6 is 11.8 Å². The molecule has 2 bridgehead atoms. The fourth-order valence-electron chi connectivity index (χ4n) is 11.7. The summed E-state index contributed by atoms with van der Waals surface area (Å²) in [7, 11) is 3.64. The predicted molar refractivity (Wildman–Crippen MR) is 246 cm³/mol. The van der Waals surface area contributed by atoms with Crippen molar-refractivity contribution in [2.24, 2.45) is 0 Å². The number of rotatable bonds is 11. The summed E-state index contributed by atoms with van der Waals surface area (Å²) in [6, 6.07) is 26.5. The van der Waals surface area contributed by atoms with Gasteiger partial charge in [0.1, 0.15) is 31.0 Å². The molecule has 3 saturated heterocycles. The Morgan fingerprint density at radius 2 is 1.65 bits per heavy atom. The number of aryl methyl sites for hydroxylation is 1. The molecule has 4 aliphatic heterocycles. The third kappa shape index (κ3) is 7.06. The second-order valence-electron chi connectivity index (χ2n) is 18.1. The zero-order valence-electron chi connectivity index (χ0n) is 37.5. The Balaban J connectivity index is 0.984. The number of hydrogen-bond donors (Lipinski definition) is 2. The molecule has 4 heterocycles. The first-order valence-electron chi connectivity index (χ1n) is 22.4. The van der Waals surface area contributed by atoms with Crippen LogP contribution in [0.5, 0.6) is 5.75 Å². The zero-order valence-corrected chi connectivity index (χ0v) is 38.4. The fraction of sp³-hybridized carbons (Fsp3) is 0.385. The number of ketones is 1. The van der Waals surface area contributed by atoms with Gasteiger partial charge in [-0.05, 0) is 84.3 Å². The standard InChI is InChI=1S/C52H52N4O9S/c1-28-19-32-20-39-41(22-53)56-40(45(55(39)4)43(32)29(2)46(28)61-5)21-52(60)44(48-47(64-27-65-48)30(3)49(52)57)42(56)24-62-50(58)38(54-51(59)63-23-31-13-7-6-8-14-31)26-66-25-37-35-17-11-9-15-33(35)34-16-10-12-18-36(34)37/h6-19,37-42,45,60H,20-21,23-27H2,1-5H3,(H,54,59)/t38?,39-,40?,41-,42-,45-,52?/m0/s1. The van der Waals surface area contributed by atoms with Crippen LogP contribution < -0.4 is 10.1 Å². The lowest BCUT2D eigenvalue weighted by atomic mass is 9.64. The second-order valence-corrected chi connectivity index (χ2v) is 19.1. The number of piperidine rings is 1. The number of Topliss-reactive ketones (excluding diaryl/α,β-unsaturated/α-hetero) is 1. The number of hydrogen-bond acceptors (Lipinski definition) is 13. The fourth-order valence-corrected chi connectivity index (χ4v) is 12.9. The number of nitrogens with one attached hydrogen (secondary N) is 1. The maximum atomic E-state index is 14.7. The highest BCUT2D eigenvalue weighted by molar-refractivity contribution is 7.99. The average molecular weight is 909 g/mol. The summed E-state index contributed by atoms with van der Waals surface area (Å²) in [6.07, 6.45) is -0.282. The number of carbonyl (C=O) groups is 3. The predicted octanol–water partition coefficient (Wildman–Crippen LogP) is 6.79. The van der Waals surface area contributed by atoms with Crippen LogP contribution in [0.25, 0.3) is 11.1 Å². The van der Waals surface area contributed by atoms with Gasteiger partial charge >= 0.3 is 12.1 Å². The van der Waals surface area contributed by atoms with E-state index < -0.39 is 47.6 Å². The second kappa shape index (κ2) is 17.3. The van der Waals surface area contributed by atoms with E-state index in [4.69, 9.17) is 23.7 Å². The Labute approximate surface area is 388 Å². The van der Waals surface area contributed by atoms with Gasteiger partial charge in [-0.15, -0.1) is 0 Å². The van der Waals surface area contributed by atoms with Crippen molar-refractivity contribution in [3.05, 3.63) is 147 Å². The molecule has 4 aromatic rings. The number of methoxy groups -OCH3 is 1. The van der Waals surface area contributed by atoms with Crippen molar-refractivity contribution >= 4 is 29.6 Å². The first kappa shape index (κ1) is 43.8. The molecule has 1 amide bonds.